The van der Waals surface area contributed by atoms with Crippen LogP contribution in [-0.2, 0) is 11.2 Å². The van der Waals surface area contributed by atoms with E-state index in [9.17, 15) is 0 Å². The smallest absolute Gasteiger partial charge is 0.151 e. The van der Waals surface area contributed by atoms with Gasteiger partial charge < -0.3 is 9.64 Å². The third-order valence-electron chi connectivity index (χ3n) is 4.06. The Hall–Kier alpha value is -2.05. The molecule has 6 nitrogen and oxygen atoms in total. The van der Waals surface area contributed by atoms with Crippen molar-refractivity contribution in [1.29, 1.82) is 0 Å². The highest BCUT2D eigenvalue weighted by Gasteiger charge is 2.22. The topological polar surface area (TPSA) is 54.4 Å². The molecule has 1 aliphatic heterocycles. The molecule has 0 bridgehead atoms. The number of morpholine rings is 1. The fraction of sp³-hybridized carbons (Fsp3) is 0.471. The molecule has 1 fully saturated rings. The largest absolute Gasteiger partial charge is 0.374 e. The number of likely N-dealkylation sites (N-methyl/N-ethyl adjacent to an activating group) is 1. The molecule has 0 amide bonds. The number of hydrogen-bond donors (Lipinski definition) is 0. The van der Waals surface area contributed by atoms with E-state index in [0.717, 1.165) is 50.7 Å². The Bertz CT molecular complexity index is 580. The van der Waals surface area contributed by atoms with E-state index in [2.05, 4.69) is 31.0 Å². The molecular weight excluding hydrogens is 290 g/mol. The fourth-order valence-electron chi connectivity index (χ4n) is 2.81. The fourth-order valence-corrected chi connectivity index (χ4v) is 2.81. The van der Waals surface area contributed by atoms with Crippen molar-refractivity contribution in [2.75, 3.05) is 44.7 Å². The van der Waals surface area contributed by atoms with Gasteiger partial charge in [0.1, 0.15) is 0 Å². The molecule has 1 atom stereocenters. The van der Waals surface area contributed by atoms with Crippen molar-refractivity contribution in [2.45, 2.75) is 12.5 Å². The summed E-state index contributed by atoms with van der Waals surface area (Å²) in [7, 11) is 2.03. The van der Waals surface area contributed by atoms with E-state index in [4.69, 9.17) is 4.74 Å². The zero-order chi connectivity index (χ0) is 15.9. The van der Waals surface area contributed by atoms with Gasteiger partial charge in [-0.15, -0.1) is 5.10 Å². The van der Waals surface area contributed by atoms with E-state index in [1.54, 1.807) is 6.20 Å². The van der Waals surface area contributed by atoms with Crippen LogP contribution in [0.5, 0.6) is 0 Å². The lowest BCUT2D eigenvalue weighted by atomic mass is 10.2. The second-order valence-electron chi connectivity index (χ2n) is 5.83. The van der Waals surface area contributed by atoms with E-state index >= 15 is 0 Å². The zero-order valence-corrected chi connectivity index (χ0v) is 13.5. The van der Waals surface area contributed by atoms with Crippen LogP contribution in [0.2, 0.25) is 0 Å². The third-order valence-corrected chi connectivity index (χ3v) is 4.06. The lowest BCUT2D eigenvalue weighted by Crippen LogP contribution is -2.47. The van der Waals surface area contributed by atoms with E-state index in [1.165, 1.54) is 0 Å². The summed E-state index contributed by atoms with van der Waals surface area (Å²) in [4.78, 5) is 8.94. The molecule has 2 aromatic heterocycles. The van der Waals surface area contributed by atoms with Gasteiger partial charge >= 0.3 is 0 Å². The second kappa shape index (κ2) is 7.99. The Kier molecular flexibility index (Phi) is 5.50. The monoisotopic (exact) mass is 313 g/mol. The van der Waals surface area contributed by atoms with Crippen LogP contribution in [0.1, 0.15) is 5.69 Å². The maximum atomic E-state index is 5.91. The molecule has 1 aliphatic rings. The molecule has 0 unspecified atom stereocenters. The summed E-state index contributed by atoms with van der Waals surface area (Å²) >= 11 is 0. The maximum Gasteiger partial charge on any atom is 0.151 e. The van der Waals surface area contributed by atoms with E-state index in [0.29, 0.717) is 0 Å². The molecule has 6 heteroatoms. The number of ether oxygens (including phenoxy) is 1. The highest BCUT2D eigenvalue weighted by Crippen LogP contribution is 2.11. The summed E-state index contributed by atoms with van der Waals surface area (Å²) in [6.07, 6.45) is 4.72. The van der Waals surface area contributed by atoms with Gasteiger partial charge in [-0.2, -0.15) is 5.10 Å². The van der Waals surface area contributed by atoms with Crippen molar-refractivity contribution >= 4 is 5.82 Å². The van der Waals surface area contributed by atoms with Gasteiger partial charge in [-0.3, -0.25) is 9.88 Å². The summed E-state index contributed by atoms with van der Waals surface area (Å²) < 4.78 is 5.91. The van der Waals surface area contributed by atoms with Gasteiger partial charge in [-0.25, -0.2) is 0 Å². The van der Waals surface area contributed by atoms with Gasteiger partial charge in [-0.05, 0) is 24.3 Å². The van der Waals surface area contributed by atoms with E-state index < -0.39 is 0 Å². The lowest BCUT2D eigenvalue weighted by Gasteiger charge is -2.34. The highest BCUT2D eigenvalue weighted by molar-refractivity contribution is 5.35. The van der Waals surface area contributed by atoms with Crippen molar-refractivity contribution in [3.63, 3.8) is 0 Å². The third kappa shape index (κ3) is 4.71. The van der Waals surface area contributed by atoms with Gasteiger partial charge in [0, 0.05) is 57.7 Å². The molecule has 1 saturated heterocycles. The molecule has 122 valence electrons. The Labute approximate surface area is 137 Å². The van der Waals surface area contributed by atoms with Crippen LogP contribution in [0.3, 0.4) is 0 Å². The van der Waals surface area contributed by atoms with Crippen molar-refractivity contribution < 1.29 is 4.74 Å². The first-order valence-corrected chi connectivity index (χ1v) is 8.04. The molecule has 0 aromatic carbocycles. The number of nitrogens with zero attached hydrogens (tertiary/aromatic N) is 5. The molecule has 23 heavy (non-hydrogen) atoms. The molecule has 0 radical (unpaired) electrons. The molecule has 0 N–H and O–H groups in total. The van der Waals surface area contributed by atoms with Gasteiger partial charge in [-0.1, -0.05) is 6.07 Å². The van der Waals surface area contributed by atoms with Gasteiger partial charge in [0.2, 0.25) is 0 Å². The van der Waals surface area contributed by atoms with Crippen molar-refractivity contribution in [3.05, 3.63) is 48.4 Å². The molecule has 2 aromatic rings. The minimum Gasteiger partial charge on any atom is -0.374 e. The Morgan fingerprint density at radius 3 is 3.00 bits per heavy atom. The lowest BCUT2D eigenvalue weighted by molar-refractivity contribution is -0.0231. The number of rotatable bonds is 6. The first kappa shape index (κ1) is 15.8. The Morgan fingerprint density at radius 1 is 1.26 bits per heavy atom. The van der Waals surface area contributed by atoms with Gasteiger partial charge in [0.15, 0.2) is 5.82 Å². The zero-order valence-electron chi connectivity index (χ0n) is 13.5. The normalized spacial score (nSPS) is 18.7. The molecular formula is C17H23N5O. The molecule has 3 rings (SSSR count). The maximum absolute atomic E-state index is 5.91. The Morgan fingerprint density at radius 2 is 2.22 bits per heavy atom. The Balaban J connectivity index is 1.48. The first-order valence-electron chi connectivity index (χ1n) is 8.04. The van der Waals surface area contributed by atoms with Crippen LogP contribution in [-0.4, -0.2) is 66.0 Å². The van der Waals surface area contributed by atoms with Crippen molar-refractivity contribution in [3.8, 4) is 0 Å². The number of anilines is 1. The summed E-state index contributed by atoms with van der Waals surface area (Å²) in [6, 6.07) is 9.95. The van der Waals surface area contributed by atoms with Crippen LogP contribution in [0.25, 0.3) is 0 Å². The summed E-state index contributed by atoms with van der Waals surface area (Å²) in [6.45, 7) is 4.54. The first-order chi connectivity index (χ1) is 11.3. The van der Waals surface area contributed by atoms with Gasteiger partial charge in [0.05, 0.1) is 12.7 Å². The predicted molar refractivity (Wildman–Crippen MR) is 89.4 cm³/mol. The average molecular weight is 313 g/mol. The van der Waals surface area contributed by atoms with E-state index in [1.807, 2.05) is 37.5 Å². The molecule has 3 heterocycles. The standard InChI is InChI=1S/C17H23N5O/c1-21(17-6-4-9-19-20-17)13-16-14-22(11-12-23-16)10-7-15-5-2-3-8-18-15/h2-6,8-9,16H,7,10-14H2,1H3/t16-/m1/s1. The molecule has 0 aliphatic carbocycles. The number of hydrogen-bond acceptors (Lipinski definition) is 6. The minimum atomic E-state index is 0.194. The van der Waals surface area contributed by atoms with E-state index in [-0.39, 0.29) is 6.10 Å². The second-order valence-corrected chi connectivity index (χ2v) is 5.83. The minimum absolute atomic E-state index is 0.194. The van der Waals surface area contributed by atoms with Crippen LogP contribution < -0.4 is 4.90 Å². The predicted octanol–water partition coefficient (Wildman–Crippen LogP) is 1.25. The summed E-state index contributed by atoms with van der Waals surface area (Å²) in [5, 5.41) is 8.06. The number of pyridine rings is 1. The van der Waals surface area contributed by atoms with Crippen LogP contribution in [0.4, 0.5) is 5.82 Å². The van der Waals surface area contributed by atoms with Crippen LogP contribution >= 0.6 is 0 Å². The SMILES string of the molecule is CN(C[C@@H]1CN(CCc2ccccn2)CCO1)c1cccnn1. The van der Waals surface area contributed by atoms with Crippen molar-refractivity contribution in [1.82, 2.24) is 20.1 Å². The van der Waals surface area contributed by atoms with Crippen molar-refractivity contribution in [2.24, 2.45) is 0 Å². The highest BCUT2D eigenvalue weighted by atomic mass is 16.5. The van der Waals surface area contributed by atoms with Crippen LogP contribution in [0, 0.1) is 0 Å². The number of aromatic nitrogens is 3. The summed E-state index contributed by atoms with van der Waals surface area (Å²) in [5.41, 5.74) is 1.15. The summed E-state index contributed by atoms with van der Waals surface area (Å²) in [5.74, 6) is 0.877. The molecule has 0 saturated carbocycles. The van der Waals surface area contributed by atoms with Crippen LogP contribution in [0.15, 0.2) is 42.7 Å². The quantitative estimate of drug-likeness (QED) is 0.800. The average Bonchev–Trinajstić information content (AvgIpc) is 2.62. The molecule has 0 spiro atoms. The van der Waals surface area contributed by atoms with Gasteiger partial charge in [0.25, 0.3) is 0 Å².